The number of carboxylic acid groups (broad SMARTS) is 1. The van der Waals surface area contributed by atoms with Crippen LogP contribution in [0.3, 0.4) is 0 Å². The zero-order chi connectivity index (χ0) is 39.2. The van der Waals surface area contributed by atoms with Crippen LogP contribution in [0.5, 0.6) is 17.2 Å². The molecule has 8 rings (SSSR count). The van der Waals surface area contributed by atoms with Gasteiger partial charge in [-0.1, -0.05) is 31.5 Å². The van der Waals surface area contributed by atoms with Gasteiger partial charge in [-0.3, -0.25) is 9.78 Å². The van der Waals surface area contributed by atoms with Gasteiger partial charge in [0.1, 0.15) is 24.0 Å². The van der Waals surface area contributed by atoms with Crippen molar-refractivity contribution in [2.45, 2.75) is 101 Å². The predicted molar refractivity (Wildman–Crippen MR) is 217 cm³/mol. The van der Waals surface area contributed by atoms with E-state index in [0.717, 1.165) is 74.6 Å². The Balaban J connectivity index is 1.02. The van der Waals surface area contributed by atoms with Crippen LogP contribution in [0.1, 0.15) is 93.5 Å². The molecule has 3 aliphatic carbocycles. The van der Waals surface area contributed by atoms with Crippen LogP contribution in [0.2, 0.25) is 5.02 Å². The number of benzene rings is 2. The van der Waals surface area contributed by atoms with Gasteiger partial charge in [0.15, 0.2) is 11.5 Å². The highest BCUT2D eigenvalue weighted by Crippen LogP contribution is 2.58. The van der Waals surface area contributed by atoms with Crippen molar-refractivity contribution in [1.82, 2.24) is 14.8 Å². The summed E-state index contributed by atoms with van der Waals surface area (Å²) in [6.07, 6.45) is 9.96. The van der Waals surface area contributed by atoms with Crippen LogP contribution in [0.15, 0.2) is 48.7 Å². The van der Waals surface area contributed by atoms with Gasteiger partial charge in [0.05, 0.1) is 6.61 Å². The number of halogens is 1. The van der Waals surface area contributed by atoms with Gasteiger partial charge in [-0.2, -0.15) is 0 Å². The number of hydrogen-bond donors (Lipinski definition) is 2. The summed E-state index contributed by atoms with van der Waals surface area (Å²) in [6.45, 7) is 7.97. The first-order valence-corrected chi connectivity index (χ1v) is 21.1. The third-order valence-corrected chi connectivity index (χ3v) is 13.8. The molecule has 2 aliphatic heterocycles. The second kappa shape index (κ2) is 15.7. The SMILES string of the molecule is C[C@@H](COc1ccnc2c1[C@H](C)CCC2)C[C@H]1Cc2cc3c(cc2C12CCC(Nc1cccc(Cl)c1)(C(=O)O)CC2)O[C@@H](CN(C)CC1CC(=O)N(C)C1)CO3. The first kappa shape index (κ1) is 38.8. The molecule has 0 bridgehead atoms. The number of carbonyl (C=O) groups excluding carboxylic acids is 1. The Morgan fingerprint density at radius 3 is 2.71 bits per heavy atom. The number of pyridine rings is 1. The minimum atomic E-state index is -1.10. The van der Waals surface area contributed by atoms with Gasteiger partial charge < -0.3 is 34.4 Å². The normalized spacial score (nSPS) is 28.6. The summed E-state index contributed by atoms with van der Waals surface area (Å²) in [5, 5.41) is 14.7. The summed E-state index contributed by atoms with van der Waals surface area (Å²) in [5.41, 5.74) is 4.41. The smallest absolute Gasteiger partial charge is 0.329 e. The van der Waals surface area contributed by atoms with E-state index in [1.165, 1.54) is 28.8 Å². The molecule has 0 radical (unpaired) electrons. The standard InChI is InChI=1S/C45H57ClN4O6/c1-28(26-54-38-11-16-47-37-10-5-7-29(2)42(37)38)17-32-19-31-20-39-40(56-35(27-55-39)25-49(3)23-30-18-41(51)50(4)24-30)22-36(31)44(32)12-14-45(15-13-44,43(52)53)48-34-9-6-8-33(46)21-34/h6,8-9,11,16,20-22,28-30,32,35,48H,5,7,10,12-15,17-19,23-27H2,1-4H3,(H,52,53)/t28-,29-,30?,32+,35+,44?,45?/m1/s1. The highest BCUT2D eigenvalue weighted by Gasteiger charge is 2.54. The first-order chi connectivity index (χ1) is 26.9. The second-order valence-corrected chi connectivity index (χ2v) is 18.2. The number of likely N-dealkylation sites (tertiary alicyclic amines) is 1. The number of aryl methyl sites for hydroxylation is 1. The summed E-state index contributed by atoms with van der Waals surface area (Å²) in [6, 6.07) is 13.8. The number of carboxylic acids is 1. The Bertz CT molecular complexity index is 1950. The minimum absolute atomic E-state index is 0.139. The Labute approximate surface area is 336 Å². The number of rotatable bonds is 12. The molecule has 2 fully saturated rings. The fourth-order valence-corrected chi connectivity index (χ4v) is 10.9. The van der Waals surface area contributed by atoms with E-state index in [-0.39, 0.29) is 23.3 Å². The van der Waals surface area contributed by atoms with Gasteiger partial charge in [0, 0.05) is 61.3 Å². The number of ether oxygens (including phenoxy) is 3. The lowest BCUT2D eigenvalue weighted by molar-refractivity contribution is -0.144. The van der Waals surface area contributed by atoms with Crippen molar-refractivity contribution < 1.29 is 28.9 Å². The molecule has 1 unspecified atom stereocenters. The van der Waals surface area contributed by atoms with E-state index in [1.807, 2.05) is 36.3 Å². The maximum absolute atomic E-state index is 13.1. The Hall–Kier alpha value is -4.02. The minimum Gasteiger partial charge on any atom is -0.493 e. The van der Waals surface area contributed by atoms with E-state index in [9.17, 15) is 14.7 Å². The summed E-state index contributed by atoms with van der Waals surface area (Å²) in [5.74, 6) is 3.25. The molecule has 3 aromatic rings. The predicted octanol–water partition coefficient (Wildman–Crippen LogP) is 7.75. The van der Waals surface area contributed by atoms with Gasteiger partial charge in [-0.25, -0.2) is 4.79 Å². The lowest BCUT2D eigenvalue weighted by Gasteiger charge is -2.47. The van der Waals surface area contributed by atoms with E-state index in [0.29, 0.717) is 61.8 Å². The van der Waals surface area contributed by atoms with Gasteiger partial charge in [-0.05, 0) is 141 Å². The molecule has 2 aromatic carbocycles. The number of amides is 1. The van der Waals surface area contributed by atoms with Crippen molar-refractivity contribution in [3.8, 4) is 17.2 Å². The number of fused-ring (bicyclic) bond motifs is 4. The fourth-order valence-electron chi connectivity index (χ4n) is 10.7. The maximum atomic E-state index is 13.1. The van der Waals surface area contributed by atoms with Crippen LogP contribution in [0.25, 0.3) is 0 Å². The topological polar surface area (TPSA) is 113 Å². The summed E-state index contributed by atoms with van der Waals surface area (Å²) < 4.78 is 19.7. The van der Waals surface area contributed by atoms with Crippen molar-refractivity contribution >= 4 is 29.2 Å². The first-order valence-electron chi connectivity index (χ1n) is 20.7. The number of likely N-dealkylation sites (N-methyl/N-ethyl adjacent to an activating group) is 1. The monoisotopic (exact) mass is 784 g/mol. The molecular weight excluding hydrogens is 728 g/mol. The number of aromatic nitrogens is 1. The van der Waals surface area contributed by atoms with Crippen LogP contribution < -0.4 is 19.5 Å². The fraction of sp³-hybridized carbons (Fsp3) is 0.578. The largest absolute Gasteiger partial charge is 0.493 e. The molecule has 10 nitrogen and oxygen atoms in total. The number of hydrogen-bond acceptors (Lipinski definition) is 8. The van der Waals surface area contributed by atoms with Crippen LogP contribution in [-0.4, -0.2) is 90.4 Å². The van der Waals surface area contributed by atoms with E-state index in [2.05, 4.69) is 48.2 Å². The Morgan fingerprint density at radius 2 is 1.96 bits per heavy atom. The number of nitrogens with zero attached hydrogens (tertiary/aromatic N) is 3. The Kier molecular flexibility index (Phi) is 10.9. The van der Waals surface area contributed by atoms with Crippen LogP contribution in [0.4, 0.5) is 5.69 Å². The number of nitrogens with one attached hydrogen (secondary N) is 1. The summed E-state index contributed by atoms with van der Waals surface area (Å²) >= 11 is 6.32. The molecule has 56 heavy (non-hydrogen) atoms. The maximum Gasteiger partial charge on any atom is 0.329 e. The highest BCUT2D eigenvalue weighted by molar-refractivity contribution is 6.30. The molecule has 5 aliphatic rings. The number of anilines is 1. The molecule has 1 aromatic heterocycles. The average molecular weight is 785 g/mol. The van der Waals surface area contributed by atoms with Crippen LogP contribution >= 0.6 is 11.6 Å². The van der Waals surface area contributed by atoms with Crippen LogP contribution in [-0.2, 0) is 27.8 Å². The van der Waals surface area contributed by atoms with E-state index < -0.39 is 11.5 Å². The summed E-state index contributed by atoms with van der Waals surface area (Å²) in [4.78, 5) is 34.0. The van der Waals surface area contributed by atoms with Crippen molar-refractivity contribution in [3.05, 3.63) is 76.1 Å². The molecule has 1 amide bonds. The lowest BCUT2D eigenvalue weighted by Crippen LogP contribution is -2.53. The van der Waals surface area contributed by atoms with E-state index in [4.69, 9.17) is 25.8 Å². The quantitative estimate of drug-likeness (QED) is 0.190. The molecule has 1 spiro atoms. The van der Waals surface area contributed by atoms with Gasteiger partial charge in [0.25, 0.3) is 0 Å². The third kappa shape index (κ3) is 7.68. The third-order valence-electron chi connectivity index (χ3n) is 13.6. The van der Waals surface area contributed by atoms with Gasteiger partial charge >= 0.3 is 5.97 Å². The van der Waals surface area contributed by atoms with E-state index >= 15 is 0 Å². The summed E-state index contributed by atoms with van der Waals surface area (Å²) in [7, 11) is 3.97. The van der Waals surface area contributed by atoms with Gasteiger partial charge in [0.2, 0.25) is 5.91 Å². The number of carbonyl (C=O) groups is 2. The molecule has 2 N–H and O–H groups in total. The zero-order valence-electron chi connectivity index (χ0n) is 33.3. The average Bonchev–Trinajstić information content (AvgIpc) is 3.63. The molecule has 1 saturated carbocycles. The van der Waals surface area contributed by atoms with Crippen LogP contribution in [0, 0.1) is 17.8 Å². The molecular formula is C45H57ClN4O6. The highest BCUT2D eigenvalue weighted by atomic mass is 35.5. The van der Waals surface area contributed by atoms with Gasteiger partial charge in [-0.15, -0.1) is 0 Å². The molecule has 3 heterocycles. The molecule has 11 heteroatoms. The molecule has 1 saturated heterocycles. The number of aliphatic carboxylic acids is 1. The lowest BCUT2D eigenvalue weighted by atomic mass is 9.59. The van der Waals surface area contributed by atoms with Crippen molar-refractivity contribution in [1.29, 1.82) is 0 Å². The van der Waals surface area contributed by atoms with Crippen molar-refractivity contribution in [2.75, 3.05) is 52.3 Å². The molecule has 5 atom stereocenters. The van der Waals surface area contributed by atoms with Crippen molar-refractivity contribution in [2.24, 2.45) is 17.8 Å². The van der Waals surface area contributed by atoms with E-state index in [1.54, 1.807) is 12.1 Å². The zero-order valence-corrected chi connectivity index (χ0v) is 34.1. The second-order valence-electron chi connectivity index (χ2n) is 17.8. The molecule has 300 valence electrons. The van der Waals surface area contributed by atoms with Crippen molar-refractivity contribution in [3.63, 3.8) is 0 Å². The Morgan fingerprint density at radius 1 is 1.14 bits per heavy atom.